The quantitative estimate of drug-likeness (QED) is 0.415. The Morgan fingerprint density at radius 3 is 2.44 bits per heavy atom. The molecule has 25 heavy (non-hydrogen) atoms. The first kappa shape index (κ1) is 18.9. The van der Waals surface area contributed by atoms with E-state index in [1.165, 1.54) is 6.92 Å². The number of ketones is 1. The van der Waals surface area contributed by atoms with Crippen molar-refractivity contribution in [3.63, 3.8) is 0 Å². The van der Waals surface area contributed by atoms with E-state index in [2.05, 4.69) is 11.4 Å². The van der Waals surface area contributed by atoms with Crippen LogP contribution in [-0.2, 0) is 14.4 Å². The molecule has 1 aliphatic rings. The normalized spacial score (nSPS) is 13.5. The van der Waals surface area contributed by atoms with Crippen LogP contribution in [0, 0.1) is 0 Å². The molecule has 0 aliphatic heterocycles. The van der Waals surface area contributed by atoms with Crippen molar-refractivity contribution in [3.8, 4) is 5.75 Å². The van der Waals surface area contributed by atoms with Crippen molar-refractivity contribution in [3.05, 3.63) is 35.9 Å². The Balaban J connectivity index is 1.57. The summed E-state index contributed by atoms with van der Waals surface area (Å²) in [4.78, 5) is 34.2. The lowest BCUT2D eigenvalue weighted by atomic mass is 10.0. The third-order valence-electron chi connectivity index (χ3n) is 4.10. The SMILES string of the molecule is CC(=O)Nc1ccc(OC(=O)CCCCCCC2=CCCC2=O)cc1. The summed E-state index contributed by atoms with van der Waals surface area (Å²) in [5.74, 6) is 0.387. The number of amides is 1. The van der Waals surface area contributed by atoms with E-state index in [1.807, 2.05) is 0 Å². The van der Waals surface area contributed by atoms with Crippen LogP contribution >= 0.6 is 0 Å². The zero-order valence-corrected chi connectivity index (χ0v) is 14.7. The van der Waals surface area contributed by atoms with E-state index >= 15 is 0 Å². The molecule has 0 saturated carbocycles. The summed E-state index contributed by atoms with van der Waals surface area (Å²) >= 11 is 0. The van der Waals surface area contributed by atoms with Gasteiger partial charge in [0.2, 0.25) is 5.91 Å². The number of allylic oxidation sites excluding steroid dienone is 2. The molecule has 0 unspecified atom stereocenters. The number of unbranched alkanes of at least 4 members (excludes halogenated alkanes) is 3. The van der Waals surface area contributed by atoms with Gasteiger partial charge in [0, 0.05) is 25.5 Å². The molecule has 0 bridgehead atoms. The maximum absolute atomic E-state index is 11.8. The van der Waals surface area contributed by atoms with Crippen LogP contribution in [0.5, 0.6) is 5.75 Å². The lowest BCUT2D eigenvalue weighted by molar-refractivity contribution is -0.134. The number of carbonyl (C=O) groups is 3. The Labute approximate surface area is 148 Å². The summed E-state index contributed by atoms with van der Waals surface area (Å²) in [5, 5.41) is 2.66. The van der Waals surface area contributed by atoms with Gasteiger partial charge in [0.05, 0.1) is 0 Å². The number of esters is 1. The van der Waals surface area contributed by atoms with Gasteiger partial charge in [-0.2, -0.15) is 0 Å². The number of carbonyl (C=O) groups excluding carboxylic acids is 3. The lowest BCUT2D eigenvalue weighted by Crippen LogP contribution is -2.08. The topological polar surface area (TPSA) is 72.5 Å². The molecule has 0 radical (unpaired) electrons. The van der Waals surface area contributed by atoms with Crippen LogP contribution in [0.15, 0.2) is 35.9 Å². The number of rotatable bonds is 9. The highest BCUT2D eigenvalue weighted by Crippen LogP contribution is 2.20. The molecule has 0 aromatic heterocycles. The van der Waals surface area contributed by atoms with Crippen LogP contribution in [0.1, 0.15) is 58.3 Å². The number of hydrogen-bond acceptors (Lipinski definition) is 4. The van der Waals surface area contributed by atoms with Crippen molar-refractivity contribution in [2.45, 2.75) is 58.3 Å². The maximum Gasteiger partial charge on any atom is 0.311 e. The van der Waals surface area contributed by atoms with Gasteiger partial charge >= 0.3 is 5.97 Å². The van der Waals surface area contributed by atoms with Crippen molar-refractivity contribution in [2.24, 2.45) is 0 Å². The number of Topliss-reactive ketones (excluding diaryl/α,β-unsaturated/α-hetero) is 1. The fraction of sp³-hybridized carbons (Fsp3) is 0.450. The van der Waals surface area contributed by atoms with E-state index in [9.17, 15) is 14.4 Å². The first-order valence-electron chi connectivity index (χ1n) is 8.85. The largest absolute Gasteiger partial charge is 0.427 e. The molecular formula is C20H25NO4. The summed E-state index contributed by atoms with van der Waals surface area (Å²) in [6.45, 7) is 1.44. The van der Waals surface area contributed by atoms with Gasteiger partial charge in [-0.05, 0) is 55.5 Å². The van der Waals surface area contributed by atoms with Gasteiger partial charge in [0.25, 0.3) is 0 Å². The fourth-order valence-corrected chi connectivity index (χ4v) is 2.82. The molecule has 5 nitrogen and oxygen atoms in total. The minimum atomic E-state index is -0.249. The number of anilines is 1. The van der Waals surface area contributed by atoms with Gasteiger partial charge in [-0.1, -0.05) is 18.9 Å². The standard InChI is InChI=1S/C20H25NO4/c1-15(22)21-17-11-13-18(14-12-17)25-20(24)10-5-3-2-4-7-16-8-6-9-19(16)23/h8,11-14H,2-7,9-10H2,1H3,(H,21,22). The second-order valence-corrected chi connectivity index (χ2v) is 6.29. The second kappa shape index (κ2) is 9.77. The Hall–Kier alpha value is -2.43. The van der Waals surface area contributed by atoms with Crippen LogP contribution in [0.2, 0.25) is 0 Å². The van der Waals surface area contributed by atoms with Gasteiger partial charge in [0.1, 0.15) is 5.75 Å². The molecule has 0 fully saturated rings. The van der Waals surface area contributed by atoms with Crippen molar-refractivity contribution in [1.29, 1.82) is 0 Å². The zero-order valence-electron chi connectivity index (χ0n) is 14.7. The molecule has 2 rings (SSSR count). The molecule has 1 amide bonds. The lowest BCUT2D eigenvalue weighted by Gasteiger charge is -2.06. The average Bonchev–Trinajstić information content (AvgIpc) is 2.97. The summed E-state index contributed by atoms with van der Waals surface area (Å²) in [6, 6.07) is 6.72. The van der Waals surface area contributed by atoms with Gasteiger partial charge in [0.15, 0.2) is 5.78 Å². The van der Waals surface area contributed by atoms with E-state index in [0.29, 0.717) is 30.1 Å². The minimum Gasteiger partial charge on any atom is -0.427 e. The van der Waals surface area contributed by atoms with E-state index in [-0.39, 0.29) is 11.9 Å². The molecule has 5 heteroatoms. The van der Waals surface area contributed by atoms with Crippen LogP contribution in [0.3, 0.4) is 0 Å². The van der Waals surface area contributed by atoms with Crippen molar-refractivity contribution < 1.29 is 19.1 Å². The van der Waals surface area contributed by atoms with E-state index in [4.69, 9.17) is 4.74 Å². The molecule has 1 N–H and O–H groups in total. The highest BCUT2D eigenvalue weighted by atomic mass is 16.5. The van der Waals surface area contributed by atoms with Crippen molar-refractivity contribution in [2.75, 3.05) is 5.32 Å². The monoisotopic (exact) mass is 343 g/mol. The molecule has 1 aromatic rings. The third-order valence-corrected chi connectivity index (χ3v) is 4.10. The van der Waals surface area contributed by atoms with E-state index in [1.54, 1.807) is 24.3 Å². The maximum atomic E-state index is 11.8. The third kappa shape index (κ3) is 6.91. The molecule has 1 aromatic carbocycles. The van der Waals surface area contributed by atoms with Gasteiger partial charge < -0.3 is 10.1 Å². The molecule has 134 valence electrons. The fourth-order valence-electron chi connectivity index (χ4n) is 2.82. The Bertz CT molecular complexity index is 646. The van der Waals surface area contributed by atoms with Crippen molar-refractivity contribution >= 4 is 23.3 Å². The first-order valence-corrected chi connectivity index (χ1v) is 8.85. The molecule has 0 heterocycles. The Kier molecular flexibility index (Phi) is 7.38. The minimum absolute atomic E-state index is 0.140. The molecule has 0 saturated heterocycles. The van der Waals surface area contributed by atoms with E-state index < -0.39 is 0 Å². The number of ether oxygens (including phenoxy) is 1. The summed E-state index contributed by atoms with van der Waals surface area (Å²) in [7, 11) is 0. The van der Waals surface area contributed by atoms with E-state index in [0.717, 1.165) is 44.1 Å². The van der Waals surface area contributed by atoms with Crippen molar-refractivity contribution in [1.82, 2.24) is 0 Å². The number of hydrogen-bond donors (Lipinski definition) is 1. The Morgan fingerprint density at radius 1 is 1.08 bits per heavy atom. The number of nitrogens with one attached hydrogen (secondary N) is 1. The predicted molar refractivity (Wildman–Crippen MR) is 96.4 cm³/mol. The highest BCUT2D eigenvalue weighted by Gasteiger charge is 2.13. The van der Waals surface area contributed by atoms with Crippen LogP contribution in [0.4, 0.5) is 5.69 Å². The summed E-state index contributed by atoms with van der Waals surface area (Å²) < 4.78 is 5.27. The van der Waals surface area contributed by atoms with Crippen LogP contribution < -0.4 is 10.1 Å². The number of benzene rings is 1. The smallest absolute Gasteiger partial charge is 0.311 e. The van der Waals surface area contributed by atoms with Gasteiger partial charge in [-0.3, -0.25) is 14.4 Å². The Morgan fingerprint density at radius 2 is 1.80 bits per heavy atom. The summed E-state index contributed by atoms with van der Waals surface area (Å²) in [5.41, 5.74) is 1.66. The van der Waals surface area contributed by atoms with Gasteiger partial charge in [-0.15, -0.1) is 0 Å². The highest BCUT2D eigenvalue weighted by molar-refractivity contribution is 5.97. The van der Waals surface area contributed by atoms with Crippen LogP contribution in [0.25, 0.3) is 0 Å². The zero-order chi connectivity index (χ0) is 18.1. The van der Waals surface area contributed by atoms with Gasteiger partial charge in [-0.25, -0.2) is 0 Å². The first-order chi connectivity index (χ1) is 12.0. The summed E-state index contributed by atoms with van der Waals surface area (Å²) in [6.07, 6.45) is 8.63. The van der Waals surface area contributed by atoms with Crippen LogP contribution in [-0.4, -0.2) is 17.7 Å². The molecule has 0 atom stereocenters. The molecule has 1 aliphatic carbocycles. The second-order valence-electron chi connectivity index (χ2n) is 6.29. The average molecular weight is 343 g/mol. The molecule has 0 spiro atoms. The molecular weight excluding hydrogens is 318 g/mol. The predicted octanol–water partition coefficient (Wildman–Crippen LogP) is 4.18.